The zero-order chi connectivity index (χ0) is 23.1. The molecular weight excluding hydrogens is 408 g/mol. The van der Waals surface area contributed by atoms with Crippen LogP contribution in [0.2, 0.25) is 0 Å². The second-order valence-electron chi connectivity index (χ2n) is 10.3. The zero-order valence-corrected chi connectivity index (χ0v) is 19.8. The highest BCUT2D eigenvalue weighted by Gasteiger charge is 2.66. The Balaban J connectivity index is 1.69. The maximum atomic E-state index is 13.5. The number of Topliss-reactive ketones (excluding diaryl/α,β-unsaturated/α-hetero) is 1. The monoisotopic (exact) mass is 444 g/mol. The molecular formula is C26H36O6. The summed E-state index contributed by atoms with van der Waals surface area (Å²) in [7, 11) is 0. The lowest BCUT2D eigenvalue weighted by atomic mass is 9.50. The van der Waals surface area contributed by atoms with Gasteiger partial charge in [0.15, 0.2) is 12.4 Å². The van der Waals surface area contributed by atoms with Gasteiger partial charge in [-0.25, -0.2) is 0 Å². The van der Waals surface area contributed by atoms with Crippen molar-refractivity contribution in [3.05, 3.63) is 23.3 Å². The van der Waals surface area contributed by atoms with E-state index in [1.807, 2.05) is 13.0 Å². The highest BCUT2D eigenvalue weighted by molar-refractivity contribution is 5.92. The Morgan fingerprint density at radius 3 is 2.66 bits per heavy atom. The minimum absolute atomic E-state index is 0.0443. The van der Waals surface area contributed by atoms with Crippen LogP contribution in [-0.4, -0.2) is 43.1 Å². The molecule has 2 fully saturated rings. The smallest absolute Gasteiger partial charge is 0.303 e. The Hall–Kier alpha value is -1.79. The fourth-order valence-corrected chi connectivity index (χ4v) is 7.14. The second-order valence-corrected chi connectivity index (χ2v) is 10.3. The van der Waals surface area contributed by atoms with Crippen LogP contribution in [0.5, 0.6) is 0 Å². The summed E-state index contributed by atoms with van der Waals surface area (Å²) < 4.78 is 16.9. The van der Waals surface area contributed by atoms with E-state index in [9.17, 15) is 14.4 Å². The summed E-state index contributed by atoms with van der Waals surface area (Å²) in [5.74, 6) is 0.303. The molecule has 0 amide bonds. The Kier molecular flexibility index (Phi) is 6.23. The summed E-state index contributed by atoms with van der Waals surface area (Å²) in [5.41, 5.74) is 1.28. The molecule has 176 valence electrons. The van der Waals surface area contributed by atoms with Crippen LogP contribution in [0.4, 0.5) is 0 Å². The van der Waals surface area contributed by atoms with Crippen LogP contribution in [0.25, 0.3) is 0 Å². The molecule has 4 aliphatic carbocycles. The van der Waals surface area contributed by atoms with Gasteiger partial charge in [0.05, 0.1) is 0 Å². The second kappa shape index (κ2) is 8.53. The van der Waals surface area contributed by atoms with Gasteiger partial charge in [0.1, 0.15) is 12.4 Å². The van der Waals surface area contributed by atoms with Gasteiger partial charge in [0.2, 0.25) is 5.78 Å². The van der Waals surface area contributed by atoms with Gasteiger partial charge in [0.25, 0.3) is 0 Å². The summed E-state index contributed by atoms with van der Waals surface area (Å²) in [4.78, 5) is 36.9. The number of fused-ring (bicyclic) bond motifs is 5. The van der Waals surface area contributed by atoms with E-state index >= 15 is 0 Å². The molecule has 0 spiro atoms. The van der Waals surface area contributed by atoms with Gasteiger partial charge in [-0.15, -0.1) is 0 Å². The van der Waals surface area contributed by atoms with E-state index in [0.717, 1.165) is 32.1 Å². The van der Waals surface area contributed by atoms with Crippen LogP contribution >= 0.6 is 0 Å². The van der Waals surface area contributed by atoms with Crippen molar-refractivity contribution in [2.24, 2.45) is 22.7 Å². The molecule has 6 heteroatoms. The van der Waals surface area contributed by atoms with Gasteiger partial charge in [-0.05, 0) is 63.4 Å². The molecule has 5 atom stereocenters. The average Bonchev–Trinajstić information content (AvgIpc) is 3.06. The molecule has 4 rings (SSSR count). The molecule has 0 aromatic heterocycles. The first kappa shape index (κ1) is 23.4. The van der Waals surface area contributed by atoms with Gasteiger partial charge >= 0.3 is 5.97 Å². The molecule has 0 saturated heterocycles. The number of rotatable bonds is 7. The van der Waals surface area contributed by atoms with Gasteiger partial charge < -0.3 is 14.2 Å². The van der Waals surface area contributed by atoms with Crippen LogP contribution in [0.1, 0.15) is 72.6 Å². The van der Waals surface area contributed by atoms with Crippen LogP contribution in [-0.2, 0) is 28.6 Å². The lowest BCUT2D eigenvalue weighted by Crippen LogP contribution is -2.57. The third-order valence-electron chi connectivity index (χ3n) is 8.91. The number of allylic oxidation sites excluding steroid dienone is 4. The van der Waals surface area contributed by atoms with Gasteiger partial charge in [-0.2, -0.15) is 0 Å². The van der Waals surface area contributed by atoms with Crippen molar-refractivity contribution in [1.82, 2.24) is 0 Å². The highest BCUT2D eigenvalue weighted by atomic mass is 16.7. The topological polar surface area (TPSA) is 78.9 Å². The molecule has 0 aromatic carbocycles. The van der Waals surface area contributed by atoms with Crippen molar-refractivity contribution in [1.29, 1.82) is 0 Å². The van der Waals surface area contributed by atoms with E-state index in [1.165, 1.54) is 18.1 Å². The largest absolute Gasteiger partial charge is 0.458 e. The molecule has 0 heterocycles. The standard InChI is InChI=1S/C26H36O6/c1-5-30-16-32-26(23(29)15-31-17(2)27)13-10-22-20-7-6-18-14-19(28)8-11-24(18,3)21(20)9-12-25(22,26)4/h9,14,20,22H,5-8,10-13,15-16H2,1-4H3/t20-,22+,24+,25+,26+/m1/s1. The molecule has 6 nitrogen and oxygen atoms in total. The highest BCUT2D eigenvalue weighted by Crippen LogP contribution is 2.66. The third kappa shape index (κ3) is 3.50. The molecule has 0 aliphatic heterocycles. The number of esters is 1. The normalized spacial score (nSPS) is 38.2. The molecule has 2 saturated carbocycles. The molecule has 0 aromatic rings. The first-order chi connectivity index (χ1) is 15.2. The van der Waals surface area contributed by atoms with E-state index in [0.29, 0.717) is 31.3 Å². The maximum Gasteiger partial charge on any atom is 0.303 e. The summed E-state index contributed by atoms with van der Waals surface area (Å²) in [5, 5.41) is 0. The summed E-state index contributed by atoms with van der Waals surface area (Å²) in [6.07, 6.45) is 9.88. The van der Waals surface area contributed by atoms with Gasteiger partial charge in [0, 0.05) is 30.8 Å². The summed E-state index contributed by atoms with van der Waals surface area (Å²) >= 11 is 0. The van der Waals surface area contributed by atoms with E-state index in [1.54, 1.807) is 0 Å². The van der Waals surface area contributed by atoms with E-state index < -0.39 is 17.0 Å². The molecule has 4 aliphatic rings. The Morgan fingerprint density at radius 1 is 1.16 bits per heavy atom. The van der Waals surface area contributed by atoms with Crippen LogP contribution in [0.3, 0.4) is 0 Å². The van der Waals surface area contributed by atoms with Crippen molar-refractivity contribution >= 4 is 17.5 Å². The van der Waals surface area contributed by atoms with Crippen molar-refractivity contribution in [2.75, 3.05) is 20.0 Å². The number of hydrogen-bond acceptors (Lipinski definition) is 6. The van der Waals surface area contributed by atoms with Crippen LogP contribution < -0.4 is 0 Å². The van der Waals surface area contributed by atoms with E-state index in [2.05, 4.69) is 19.9 Å². The lowest BCUT2D eigenvalue weighted by molar-refractivity contribution is -0.198. The van der Waals surface area contributed by atoms with E-state index in [4.69, 9.17) is 14.2 Å². The summed E-state index contributed by atoms with van der Waals surface area (Å²) in [6, 6.07) is 0. The predicted octanol–water partition coefficient (Wildman–Crippen LogP) is 4.32. The van der Waals surface area contributed by atoms with Crippen LogP contribution in [0.15, 0.2) is 23.3 Å². The number of carbonyl (C=O) groups is 3. The first-order valence-electron chi connectivity index (χ1n) is 12.0. The Labute approximate surface area is 190 Å². The van der Waals surface area contributed by atoms with Crippen molar-refractivity contribution in [3.63, 3.8) is 0 Å². The van der Waals surface area contributed by atoms with Gasteiger partial charge in [-0.1, -0.05) is 31.1 Å². The minimum Gasteiger partial charge on any atom is -0.458 e. The predicted molar refractivity (Wildman–Crippen MR) is 119 cm³/mol. The fourth-order valence-electron chi connectivity index (χ4n) is 7.14. The van der Waals surface area contributed by atoms with Crippen molar-refractivity contribution < 1.29 is 28.6 Å². The van der Waals surface area contributed by atoms with E-state index in [-0.39, 0.29) is 30.4 Å². The lowest BCUT2D eigenvalue weighted by Gasteiger charge is -2.55. The molecule has 0 unspecified atom stereocenters. The number of hydrogen-bond donors (Lipinski definition) is 0. The van der Waals surface area contributed by atoms with Crippen LogP contribution in [0, 0.1) is 22.7 Å². The Bertz CT molecular complexity index is 872. The number of ketones is 2. The van der Waals surface area contributed by atoms with Gasteiger partial charge in [-0.3, -0.25) is 14.4 Å². The average molecular weight is 445 g/mol. The molecule has 0 N–H and O–H groups in total. The van der Waals surface area contributed by atoms with Crippen molar-refractivity contribution in [3.8, 4) is 0 Å². The van der Waals surface area contributed by atoms with Crippen molar-refractivity contribution in [2.45, 2.75) is 78.2 Å². The molecule has 32 heavy (non-hydrogen) atoms. The third-order valence-corrected chi connectivity index (χ3v) is 8.91. The molecule has 0 bridgehead atoms. The number of ether oxygens (including phenoxy) is 3. The maximum absolute atomic E-state index is 13.5. The quantitative estimate of drug-likeness (QED) is 0.252. The zero-order valence-electron chi connectivity index (χ0n) is 19.8. The minimum atomic E-state index is -1.02. The molecule has 0 radical (unpaired) electrons. The summed E-state index contributed by atoms with van der Waals surface area (Å²) in [6.45, 7) is 7.98. The Morgan fingerprint density at radius 2 is 1.94 bits per heavy atom. The fraction of sp³-hybridized carbons (Fsp3) is 0.731. The number of carbonyl (C=O) groups excluding carboxylic acids is 3. The first-order valence-corrected chi connectivity index (χ1v) is 12.0. The SMILES string of the molecule is CCOCO[C@]1(C(=O)COC(C)=O)CC[C@H]2[C@@H]3CCC4=CC(=O)CC[C@]4(C)C3=CC[C@@]21C.